The molecule has 52 heavy (non-hydrogen) atoms. The van der Waals surface area contributed by atoms with Crippen LogP contribution in [0.5, 0.6) is 0 Å². The summed E-state index contributed by atoms with van der Waals surface area (Å²) in [4.78, 5) is 15.3. The standard InChI is InChI=1S/C47H28N4O/c1-2-13-30(14-3-1)45-48-46(31-24-26-36-35-16-7-9-23-42(35)52-43(36)28-31)50-47(49-45)37-20-10-19-34-33(37)18-11-22-39(34)51-40-21-8-6-17-38(40)44-32-15-5-4-12-29(32)25-27-41(44)51/h1-28H. The van der Waals surface area contributed by atoms with Gasteiger partial charge in [-0.05, 0) is 52.6 Å². The Morgan fingerprint density at radius 2 is 1.06 bits per heavy atom. The van der Waals surface area contributed by atoms with Crippen LogP contribution in [-0.2, 0) is 0 Å². The average Bonchev–Trinajstić information content (AvgIpc) is 3.76. The van der Waals surface area contributed by atoms with Gasteiger partial charge in [0.05, 0.1) is 16.7 Å². The lowest BCUT2D eigenvalue weighted by Gasteiger charge is -2.14. The molecule has 5 heteroatoms. The van der Waals surface area contributed by atoms with E-state index >= 15 is 0 Å². The molecule has 0 fully saturated rings. The van der Waals surface area contributed by atoms with Crippen LogP contribution in [-0.4, -0.2) is 19.5 Å². The summed E-state index contributed by atoms with van der Waals surface area (Å²) < 4.78 is 8.66. The Bertz CT molecular complexity index is 3190. The summed E-state index contributed by atoms with van der Waals surface area (Å²) in [5.74, 6) is 1.82. The Morgan fingerprint density at radius 1 is 0.385 bits per heavy atom. The maximum absolute atomic E-state index is 6.26. The molecule has 0 amide bonds. The van der Waals surface area contributed by atoms with E-state index in [0.29, 0.717) is 17.5 Å². The molecule has 0 aliphatic carbocycles. The van der Waals surface area contributed by atoms with E-state index in [1.807, 2.05) is 54.6 Å². The van der Waals surface area contributed by atoms with E-state index in [9.17, 15) is 0 Å². The first kappa shape index (κ1) is 28.7. The van der Waals surface area contributed by atoms with E-state index in [0.717, 1.165) is 55.1 Å². The molecule has 11 rings (SSSR count). The zero-order valence-electron chi connectivity index (χ0n) is 27.9. The molecule has 0 saturated carbocycles. The molecule has 0 bridgehead atoms. The molecular formula is C47H28N4O. The molecule has 0 unspecified atom stereocenters. The number of aromatic nitrogens is 4. The Balaban J connectivity index is 1.14. The van der Waals surface area contributed by atoms with E-state index in [1.165, 1.54) is 32.6 Å². The van der Waals surface area contributed by atoms with E-state index < -0.39 is 0 Å². The number of benzene rings is 8. The highest BCUT2D eigenvalue weighted by atomic mass is 16.3. The van der Waals surface area contributed by atoms with Gasteiger partial charge in [-0.25, -0.2) is 15.0 Å². The van der Waals surface area contributed by atoms with Crippen LogP contribution in [0, 0.1) is 0 Å². The molecule has 0 radical (unpaired) electrons. The van der Waals surface area contributed by atoms with Gasteiger partial charge in [-0.15, -0.1) is 0 Å². The monoisotopic (exact) mass is 664 g/mol. The van der Waals surface area contributed by atoms with Gasteiger partial charge in [0, 0.05) is 43.6 Å². The maximum Gasteiger partial charge on any atom is 0.164 e. The summed E-state index contributed by atoms with van der Waals surface area (Å²) >= 11 is 0. The second kappa shape index (κ2) is 11.2. The molecule has 0 N–H and O–H groups in total. The lowest BCUT2D eigenvalue weighted by Crippen LogP contribution is -2.01. The quantitative estimate of drug-likeness (QED) is 0.188. The molecule has 0 atom stereocenters. The predicted octanol–water partition coefficient (Wildman–Crippen LogP) is 12.2. The first-order valence-corrected chi connectivity index (χ1v) is 17.5. The molecule has 0 aliphatic heterocycles. The Kier molecular flexibility index (Phi) is 6.18. The lowest BCUT2D eigenvalue weighted by atomic mass is 10.0. The van der Waals surface area contributed by atoms with Gasteiger partial charge >= 0.3 is 0 Å². The van der Waals surface area contributed by atoms with Crippen molar-refractivity contribution in [3.05, 3.63) is 170 Å². The van der Waals surface area contributed by atoms with Gasteiger partial charge in [-0.2, -0.15) is 0 Å². The summed E-state index contributed by atoms with van der Waals surface area (Å²) in [6, 6.07) is 59.2. The van der Waals surface area contributed by atoms with Gasteiger partial charge in [0.1, 0.15) is 11.2 Å². The molecule has 0 saturated heterocycles. The van der Waals surface area contributed by atoms with Gasteiger partial charge in [-0.3, -0.25) is 0 Å². The van der Waals surface area contributed by atoms with Crippen LogP contribution in [0.15, 0.2) is 174 Å². The summed E-state index contributed by atoms with van der Waals surface area (Å²) in [6.07, 6.45) is 0. The summed E-state index contributed by atoms with van der Waals surface area (Å²) in [5, 5.41) is 9.32. The van der Waals surface area contributed by atoms with E-state index in [4.69, 9.17) is 19.4 Å². The highest BCUT2D eigenvalue weighted by Crippen LogP contribution is 2.40. The van der Waals surface area contributed by atoms with Crippen molar-refractivity contribution in [3.8, 4) is 39.9 Å². The van der Waals surface area contributed by atoms with Crippen LogP contribution in [0.2, 0.25) is 0 Å². The minimum atomic E-state index is 0.591. The van der Waals surface area contributed by atoms with Crippen molar-refractivity contribution in [1.82, 2.24) is 19.5 Å². The average molecular weight is 665 g/mol. The van der Waals surface area contributed by atoms with E-state index in [2.05, 4.69) is 120 Å². The van der Waals surface area contributed by atoms with Crippen LogP contribution in [0.4, 0.5) is 0 Å². The highest BCUT2D eigenvalue weighted by molar-refractivity contribution is 6.22. The third-order valence-electron chi connectivity index (χ3n) is 10.2. The molecule has 8 aromatic carbocycles. The van der Waals surface area contributed by atoms with Crippen molar-refractivity contribution in [2.45, 2.75) is 0 Å². The van der Waals surface area contributed by atoms with Crippen molar-refractivity contribution < 1.29 is 4.42 Å². The number of nitrogens with zero attached hydrogens (tertiary/aromatic N) is 4. The van der Waals surface area contributed by atoms with Crippen molar-refractivity contribution in [3.63, 3.8) is 0 Å². The Hall–Kier alpha value is -7.11. The largest absolute Gasteiger partial charge is 0.456 e. The van der Waals surface area contributed by atoms with Crippen LogP contribution in [0.25, 0.3) is 105 Å². The third-order valence-corrected chi connectivity index (χ3v) is 10.2. The van der Waals surface area contributed by atoms with Gasteiger partial charge in [0.15, 0.2) is 17.5 Å². The van der Waals surface area contributed by atoms with Crippen LogP contribution in [0.3, 0.4) is 0 Å². The smallest absolute Gasteiger partial charge is 0.164 e. The predicted molar refractivity (Wildman–Crippen MR) is 213 cm³/mol. The normalized spacial score (nSPS) is 11.8. The second-order valence-corrected chi connectivity index (χ2v) is 13.2. The SMILES string of the molecule is c1ccc(-c2nc(-c3ccc4c(c3)oc3ccccc34)nc(-c3cccc4c(-n5c6ccccc6c6c7ccccc7ccc65)cccc34)n2)cc1. The molecule has 0 aliphatic rings. The van der Waals surface area contributed by atoms with Crippen molar-refractivity contribution in [2.75, 3.05) is 0 Å². The highest BCUT2D eigenvalue weighted by Gasteiger charge is 2.19. The van der Waals surface area contributed by atoms with Gasteiger partial charge in [-0.1, -0.05) is 133 Å². The third kappa shape index (κ3) is 4.33. The number of para-hydroxylation sites is 2. The first-order valence-electron chi connectivity index (χ1n) is 17.5. The molecular weight excluding hydrogens is 637 g/mol. The fraction of sp³-hybridized carbons (Fsp3) is 0. The zero-order valence-corrected chi connectivity index (χ0v) is 27.9. The van der Waals surface area contributed by atoms with Crippen molar-refractivity contribution in [2.24, 2.45) is 0 Å². The molecule has 11 aromatic rings. The Morgan fingerprint density at radius 3 is 1.96 bits per heavy atom. The molecule has 3 heterocycles. The minimum absolute atomic E-state index is 0.591. The minimum Gasteiger partial charge on any atom is -0.456 e. The van der Waals surface area contributed by atoms with E-state index in [-0.39, 0.29) is 0 Å². The topological polar surface area (TPSA) is 56.7 Å². The van der Waals surface area contributed by atoms with Crippen molar-refractivity contribution in [1.29, 1.82) is 0 Å². The molecule has 0 spiro atoms. The Labute approximate surface area is 298 Å². The summed E-state index contributed by atoms with van der Waals surface area (Å²) in [7, 11) is 0. The second-order valence-electron chi connectivity index (χ2n) is 13.2. The van der Waals surface area contributed by atoms with Crippen molar-refractivity contribution >= 4 is 65.3 Å². The molecule has 5 nitrogen and oxygen atoms in total. The van der Waals surface area contributed by atoms with Crippen LogP contribution >= 0.6 is 0 Å². The van der Waals surface area contributed by atoms with Gasteiger partial charge in [0.25, 0.3) is 0 Å². The van der Waals surface area contributed by atoms with Gasteiger partial charge in [0.2, 0.25) is 0 Å². The lowest BCUT2D eigenvalue weighted by molar-refractivity contribution is 0.669. The number of hydrogen-bond acceptors (Lipinski definition) is 4. The maximum atomic E-state index is 6.26. The summed E-state index contributed by atoms with van der Waals surface area (Å²) in [5.41, 5.74) is 7.84. The summed E-state index contributed by atoms with van der Waals surface area (Å²) in [6.45, 7) is 0. The fourth-order valence-corrected chi connectivity index (χ4v) is 7.89. The van der Waals surface area contributed by atoms with Crippen LogP contribution < -0.4 is 0 Å². The van der Waals surface area contributed by atoms with E-state index in [1.54, 1.807) is 0 Å². The van der Waals surface area contributed by atoms with Gasteiger partial charge < -0.3 is 8.98 Å². The van der Waals surface area contributed by atoms with Crippen LogP contribution in [0.1, 0.15) is 0 Å². The number of hydrogen-bond donors (Lipinski definition) is 0. The first-order chi connectivity index (χ1) is 25.8. The number of fused-ring (bicyclic) bond motifs is 9. The zero-order chi connectivity index (χ0) is 34.2. The number of furan rings is 1. The molecule has 242 valence electrons. The fourth-order valence-electron chi connectivity index (χ4n) is 7.89. The molecule has 3 aromatic heterocycles. The number of rotatable bonds is 4.